The van der Waals surface area contributed by atoms with Crippen molar-refractivity contribution >= 4 is 21.6 Å². The van der Waals surface area contributed by atoms with Crippen LogP contribution in [0.25, 0.3) is 0 Å². The Labute approximate surface area is 122 Å². The highest BCUT2D eigenvalue weighted by Crippen LogP contribution is 2.17. The third kappa shape index (κ3) is 3.94. The molecule has 21 heavy (non-hydrogen) atoms. The molecule has 7 nitrogen and oxygen atoms in total. The summed E-state index contributed by atoms with van der Waals surface area (Å²) in [6, 6.07) is 6.36. The number of sulfone groups is 1. The van der Waals surface area contributed by atoms with Crippen LogP contribution < -0.4 is 11.1 Å². The topological polar surface area (TPSA) is 122 Å². The Bertz CT molecular complexity index is 670. The molecule has 1 amide bonds. The zero-order chi connectivity index (χ0) is 15.5. The number of nitrogens with zero attached hydrogens (tertiary/aromatic N) is 1. The number of hydrogen-bond acceptors (Lipinski definition) is 5. The lowest BCUT2D eigenvalue weighted by molar-refractivity contribution is 0.0948. The fourth-order valence-electron chi connectivity index (χ4n) is 2.25. The monoisotopic (exact) mass is 311 g/mol. The number of nitrogens with one attached hydrogen (secondary N) is 1. The van der Waals surface area contributed by atoms with Gasteiger partial charge < -0.3 is 16.3 Å². The molecular weight excluding hydrogens is 294 g/mol. The molecule has 8 heteroatoms. The highest BCUT2D eigenvalue weighted by Gasteiger charge is 2.27. The van der Waals surface area contributed by atoms with E-state index < -0.39 is 9.84 Å². The highest BCUT2D eigenvalue weighted by molar-refractivity contribution is 7.91. The molecule has 1 aromatic carbocycles. The second kappa shape index (κ2) is 6.13. The van der Waals surface area contributed by atoms with Gasteiger partial charge in [0.15, 0.2) is 15.7 Å². The Morgan fingerprint density at radius 2 is 2.14 bits per heavy atom. The van der Waals surface area contributed by atoms with Gasteiger partial charge in [-0.3, -0.25) is 4.79 Å². The number of benzene rings is 1. The van der Waals surface area contributed by atoms with E-state index in [9.17, 15) is 13.2 Å². The predicted molar refractivity (Wildman–Crippen MR) is 78.0 cm³/mol. The summed E-state index contributed by atoms with van der Waals surface area (Å²) in [4.78, 5) is 12.0. The SMILES string of the molecule is NC(=NO)c1cccc(C(=O)NCC2CCS(=O)(=O)C2)c1. The van der Waals surface area contributed by atoms with Crippen molar-refractivity contribution in [3.05, 3.63) is 35.4 Å². The quantitative estimate of drug-likeness (QED) is 0.311. The Hall–Kier alpha value is -2.09. The van der Waals surface area contributed by atoms with Gasteiger partial charge >= 0.3 is 0 Å². The van der Waals surface area contributed by atoms with Gasteiger partial charge in [-0.15, -0.1) is 0 Å². The highest BCUT2D eigenvalue weighted by atomic mass is 32.2. The summed E-state index contributed by atoms with van der Waals surface area (Å²) in [6.45, 7) is 0.325. The van der Waals surface area contributed by atoms with E-state index in [1.807, 2.05) is 0 Å². The molecule has 0 aliphatic carbocycles. The van der Waals surface area contributed by atoms with E-state index >= 15 is 0 Å². The van der Waals surface area contributed by atoms with E-state index in [2.05, 4.69) is 10.5 Å². The number of carbonyl (C=O) groups excluding carboxylic acids is 1. The third-order valence-corrected chi connectivity index (χ3v) is 5.24. The minimum atomic E-state index is -2.94. The minimum Gasteiger partial charge on any atom is -0.409 e. The minimum absolute atomic E-state index is 0.0359. The first kappa shape index (κ1) is 15.3. The van der Waals surface area contributed by atoms with E-state index in [4.69, 9.17) is 10.9 Å². The summed E-state index contributed by atoms with van der Waals surface area (Å²) >= 11 is 0. The second-order valence-corrected chi connectivity index (χ2v) is 7.27. The normalized spacial score (nSPS) is 21.1. The van der Waals surface area contributed by atoms with Crippen molar-refractivity contribution in [2.75, 3.05) is 18.1 Å². The Morgan fingerprint density at radius 1 is 1.43 bits per heavy atom. The first-order chi connectivity index (χ1) is 9.91. The molecule has 0 bridgehead atoms. The van der Waals surface area contributed by atoms with E-state index in [-0.39, 0.29) is 29.2 Å². The van der Waals surface area contributed by atoms with Crippen molar-refractivity contribution in [3.8, 4) is 0 Å². The van der Waals surface area contributed by atoms with Gasteiger partial charge in [-0.1, -0.05) is 17.3 Å². The van der Waals surface area contributed by atoms with Gasteiger partial charge in [0.2, 0.25) is 0 Å². The molecule has 1 fully saturated rings. The van der Waals surface area contributed by atoms with E-state index in [0.29, 0.717) is 24.1 Å². The van der Waals surface area contributed by atoms with Crippen molar-refractivity contribution in [2.45, 2.75) is 6.42 Å². The smallest absolute Gasteiger partial charge is 0.251 e. The molecule has 0 aromatic heterocycles. The van der Waals surface area contributed by atoms with E-state index in [1.54, 1.807) is 18.2 Å². The maximum Gasteiger partial charge on any atom is 0.251 e. The maximum atomic E-state index is 12.0. The van der Waals surface area contributed by atoms with E-state index in [0.717, 1.165) is 0 Å². The number of amidine groups is 1. The second-order valence-electron chi connectivity index (χ2n) is 5.05. The summed E-state index contributed by atoms with van der Waals surface area (Å²) in [5.41, 5.74) is 6.28. The van der Waals surface area contributed by atoms with Crippen molar-refractivity contribution in [1.29, 1.82) is 0 Å². The van der Waals surface area contributed by atoms with E-state index in [1.165, 1.54) is 6.07 Å². The molecule has 1 saturated heterocycles. The molecule has 1 heterocycles. The summed E-state index contributed by atoms with van der Waals surface area (Å²) in [5, 5.41) is 14.2. The Morgan fingerprint density at radius 3 is 2.76 bits per heavy atom. The molecule has 1 unspecified atom stereocenters. The van der Waals surface area contributed by atoms with Gasteiger partial charge in [-0.25, -0.2) is 8.42 Å². The van der Waals surface area contributed by atoms with Gasteiger partial charge in [0.1, 0.15) is 0 Å². The van der Waals surface area contributed by atoms with Crippen LogP contribution in [0.3, 0.4) is 0 Å². The average Bonchev–Trinajstić information content (AvgIpc) is 2.83. The van der Waals surface area contributed by atoms with Crippen LogP contribution in [-0.4, -0.2) is 43.4 Å². The number of carbonyl (C=O) groups is 1. The molecule has 0 radical (unpaired) electrons. The van der Waals surface area contributed by atoms with Crippen molar-refractivity contribution in [3.63, 3.8) is 0 Å². The van der Waals surface area contributed by atoms with Crippen LogP contribution in [0.2, 0.25) is 0 Å². The maximum absolute atomic E-state index is 12.0. The molecule has 1 aliphatic rings. The Balaban J connectivity index is 1.98. The Kier molecular flexibility index (Phi) is 4.46. The number of oxime groups is 1. The van der Waals surface area contributed by atoms with Gasteiger partial charge in [-0.05, 0) is 24.5 Å². The largest absolute Gasteiger partial charge is 0.409 e. The molecule has 0 saturated carbocycles. The molecule has 1 aliphatic heterocycles. The molecule has 4 N–H and O–H groups in total. The third-order valence-electron chi connectivity index (χ3n) is 3.41. The van der Waals surface area contributed by atoms with Crippen LogP contribution in [0.5, 0.6) is 0 Å². The van der Waals surface area contributed by atoms with Crippen molar-refractivity contribution < 1.29 is 18.4 Å². The zero-order valence-corrected chi connectivity index (χ0v) is 12.1. The average molecular weight is 311 g/mol. The van der Waals surface area contributed by atoms with Gasteiger partial charge in [0.25, 0.3) is 5.91 Å². The van der Waals surface area contributed by atoms with Crippen molar-refractivity contribution in [2.24, 2.45) is 16.8 Å². The summed E-state index contributed by atoms with van der Waals surface area (Å²) in [6.07, 6.45) is 0.576. The summed E-state index contributed by atoms with van der Waals surface area (Å²) in [7, 11) is -2.94. The zero-order valence-electron chi connectivity index (χ0n) is 11.3. The number of nitrogens with two attached hydrogens (primary N) is 1. The first-order valence-corrected chi connectivity index (χ1v) is 8.30. The fourth-order valence-corrected chi connectivity index (χ4v) is 4.11. The summed E-state index contributed by atoms with van der Waals surface area (Å²) < 4.78 is 22.7. The lowest BCUT2D eigenvalue weighted by atomic mass is 10.1. The summed E-state index contributed by atoms with van der Waals surface area (Å²) in [5.74, 6) is -0.117. The molecule has 2 rings (SSSR count). The first-order valence-electron chi connectivity index (χ1n) is 6.48. The van der Waals surface area contributed by atoms with Crippen LogP contribution >= 0.6 is 0 Å². The van der Waals surface area contributed by atoms with Crippen LogP contribution in [0.1, 0.15) is 22.3 Å². The van der Waals surface area contributed by atoms with Gasteiger partial charge in [-0.2, -0.15) is 0 Å². The number of amides is 1. The molecule has 114 valence electrons. The number of rotatable bonds is 4. The number of hydrogen-bond donors (Lipinski definition) is 3. The molecule has 1 atom stereocenters. The van der Waals surface area contributed by atoms with Gasteiger partial charge in [0.05, 0.1) is 11.5 Å². The van der Waals surface area contributed by atoms with Crippen LogP contribution in [0.4, 0.5) is 0 Å². The molecule has 0 spiro atoms. The fraction of sp³-hybridized carbons (Fsp3) is 0.385. The predicted octanol–water partition coefficient (Wildman–Crippen LogP) is -0.0544. The van der Waals surface area contributed by atoms with Crippen molar-refractivity contribution in [1.82, 2.24) is 5.32 Å². The lowest BCUT2D eigenvalue weighted by Crippen LogP contribution is -2.30. The van der Waals surface area contributed by atoms with Crippen LogP contribution in [0, 0.1) is 5.92 Å². The lowest BCUT2D eigenvalue weighted by Gasteiger charge is -2.10. The standard InChI is InChI=1S/C13H17N3O4S/c14-12(16-18)10-2-1-3-11(6-10)13(17)15-7-9-4-5-21(19,20)8-9/h1-3,6,9,18H,4-5,7-8H2,(H2,14,16)(H,15,17). The van der Waals surface area contributed by atoms with Crippen LogP contribution in [-0.2, 0) is 9.84 Å². The van der Waals surface area contributed by atoms with Crippen LogP contribution in [0.15, 0.2) is 29.4 Å². The molecular formula is C13H17N3O4S. The molecule has 1 aromatic rings. The van der Waals surface area contributed by atoms with Gasteiger partial charge in [0, 0.05) is 17.7 Å².